The number of hydrogen-bond donors (Lipinski definition) is 1. The van der Waals surface area contributed by atoms with Crippen molar-refractivity contribution in [3.05, 3.63) is 71.2 Å². The predicted molar refractivity (Wildman–Crippen MR) is 106 cm³/mol. The van der Waals surface area contributed by atoms with E-state index in [0.717, 1.165) is 9.69 Å². The van der Waals surface area contributed by atoms with Crippen LogP contribution in [0.1, 0.15) is 5.56 Å². The number of benzene rings is 3. The molecule has 3 aromatic rings. The van der Waals surface area contributed by atoms with Gasteiger partial charge in [0.2, 0.25) is 0 Å². The van der Waals surface area contributed by atoms with Gasteiger partial charge in [0.05, 0.1) is 16.8 Å². The Balaban J connectivity index is 1.56. The molecule has 0 saturated heterocycles. The van der Waals surface area contributed by atoms with E-state index in [4.69, 9.17) is 11.6 Å². The monoisotopic (exact) mass is 399 g/mol. The number of amides is 1. The molecule has 6 nitrogen and oxygen atoms in total. The number of sulfonamides is 1. The number of hydrazone groups is 1. The average molecular weight is 400 g/mol. The van der Waals surface area contributed by atoms with E-state index in [-0.39, 0.29) is 11.4 Å². The normalized spacial score (nSPS) is 14.8. The fourth-order valence-corrected chi connectivity index (χ4v) is 4.90. The fraction of sp³-hybridized carbons (Fsp3) is 0.0526. The third-order valence-electron chi connectivity index (χ3n) is 4.27. The quantitative estimate of drug-likeness (QED) is 0.540. The van der Waals surface area contributed by atoms with Gasteiger partial charge in [0.1, 0.15) is 6.54 Å². The van der Waals surface area contributed by atoms with Gasteiger partial charge in [-0.15, -0.1) is 0 Å². The van der Waals surface area contributed by atoms with Crippen molar-refractivity contribution in [2.24, 2.45) is 5.10 Å². The molecule has 1 N–H and O–H groups in total. The maximum atomic E-state index is 12.8. The summed E-state index contributed by atoms with van der Waals surface area (Å²) >= 11 is 6.02. The first-order valence-electron chi connectivity index (χ1n) is 8.09. The van der Waals surface area contributed by atoms with Crippen LogP contribution in [-0.4, -0.2) is 27.1 Å². The molecular weight excluding hydrogens is 386 g/mol. The van der Waals surface area contributed by atoms with E-state index in [1.165, 1.54) is 6.21 Å². The maximum Gasteiger partial charge on any atom is 0.265 e. The molecule has 0 aromatic heterocycles. The van der Waals surface area contributed by atoms with Crippen molar-refractivity contribution in [2.75, 3.05) is 10.8 Å². The second-order valence-electron chi connectivity index (χ2n) is 5.96. The van der Waals surface area contributed by atoms with Crippen molar-refractivity contribution >= 4 is 50.2 Å². The highest BCUT2D eigenvalue weighted by molar-refractivity contribution is 7.93. The summed E-state index contributed by atoms with van der Waals surface area (Å²) in [5, 5.41) is 5.80. The van der Waals surface area contributed by atoms with Gasteiger partial charge in [-0.1, -0.05) is 54.1 Å². The number of halogens is 1. The average Bonchev–Trinajstić information content (AvgIpc) is 2.87. The number of rotatable bonds is 4. The Kier molecular flexibility index (Phi) is 4.33. The van der Waals surface area contributed by atoms with Gasteiger partial charge < -0.3 is 0 Å². The van der Waals surface area contributed by atoms with Crippen LogP contribution in [0.2, 0.25) is 5.02 Å². The number of hydrogen-bond acceptors (Lipinski definition) is 4. The Labute approximate surface area is 161 Å². The lowest BCUT2D eigenvalue weighted by atomic mass is 10.1. The summed E-state index contributed by atoms with van der Waals surface area (Å²) in [4.78, 5) is 12.5. The molecule has 0 radical (unpaired) electrons. The first-order valence-corrected chi connectivity index (χ1v) is 9.91. The van der Waals surface area contributed by atoms with Crippen molar-refractivity contribution in [3.8, 4) is 0 Å². The standard InChI is InChI=1S/C19H14ClN3O3S/c20-15-8-2-1-5-14(15)11-21-22-18(24)12-23-16-9-3-6-13-7-4-10-17(19(13)16)27(23,25)26/h1-11H,12H2,(H,22,24)/b21-11-. The molecule has 1 aliphatic rings. The van der Waals surface area contributed by atoms with Crippen LogP contribution in [0.4, 0.5) is 5.69 Å². The SMILES string of the molecule is O=C(CN1c2cccc3cccc(c23)S1(=O)=O)N/N=C\c1ccccc1Cl. The molecule has 0 spiro atoms. The topological polar surface area (TPSA) is 78.8 Å². The van der Waals surface area contributed by atoms with Crippen molar-refractivity contribution in [1.29, 1.82) is 0 Å². The van der Waals surface area contributed by atoms with Crippen LogP contribution in [0.3, 0.4) is 0 Å². The van der Waals surface area contributed by atoms with E-state index >= 15 is 0 Å². The molecule has 1 amide bonds. The molecular formula is C19H14ClN3O3S. The Morgan fingerprint density at radius 1 is 1.07 bits per heavy atom. The molecule has 0 unspecified atom stereocenters. The number of nitrogens with one attached hydrogen (secondary N) is 1. The molecule has 8 heteroatoms. The maximum absolute atomic E-state index is 12.8. The summed E-state index contributed by atoms with van der Waals surface area (Å²) in [7, 11) is -3.78. The minimum Gasteiger partial charge on any atom is -0.271 e. The lowest BCUT2D eigenvalue weighted by molar-refractivity contribution is -0.119. The first kappa shape index (κ1) is 17.5. The van der Waals surface area contributed by atoms with E-state index < -0.39 is 15.9 Å². The van der Waals surface area contributed by atoms with Crippen LogP contribution in [0.25, 0.3) is 10.8 Å². The zero-order chi connectivity index (χ0) is 19.0. The van der Waals surface area contributed by atoms with Gasteiger partial charge >= 0.3 is 0 Å². The molecule has 0 atom stereocenters. The molecule has 27 heavy (non-hydrogen) atoms. The van der Waals surface area contributed by atoms with Crippen LogP contribution in [0.15, 0.2) is 70.7 Å². The minimum atomic E-state index is -3.78. The third-order valence-corrected chi connectivity index (χ3v) is 6.41. The Morgan fingerprint density at radius 2 is 1.81 bits per heavy atom. The third kappa shape index (κ3) is 3.05. The van der Waals surface area contributed by atoms with Gasteiger partial charge in [-0.3, -0.25) is 9.10 Å². The number of carbonyl (C=O) groups excluding carboxylic acids is 1. The zero-order valence-corrected chi connectivity index (χ0v) is 15.5. The Hall–Kier alpha value is -2.90. The summed E-state index contributed by atoms with van der Waals surface area (Å²) in [5.41, 5.74) is 3.49. The van der Waals surface area contributed by atoms with Crippen molar-refractivity contribution in [3.63, 3.8) is 0 Å². The minimum absolute atomic E-state index is 0.211. The molecule has 0 aliphatic carbocycles. The smallest absolute Gasteiger partial charge is 0.265 e. The largest absolute Gasteiger partial charge is 0.271 e. The summed E-state index contributed by atoms with van der Waals surface area (Å²) in [6, 6.07) is 17.4. The molecule has 0 saturated carbocycles. The highest BCUT2D eigenvalue weighted by Gasteiger charge is 2.36. The highest BCUT2D eigenvalue weighted by atomic mass is 35.5. The summed E-state index contributed by atoms with van der Waals surface area (Å²) in [6.45, 7) is -0.365. The lowest BCUT2D eigenvalue weighted by Crippen LogP contribution is -2.37. The van der Waals surface area contributed by atoms with Crippen LogP contribution in [0, 0.1) is 0 Å². The summed E-state index contributed by atoms with van der Waals surface area (Å²) in [5.74, 6) is -0.549. The van der Waals surface area contributed by atoms with Gasteiger partial charge in [0.25, 0.3) is 15.9 Å². The van der Waals surface area contributed by atoms with Crippen LogP contribution in [-0.2, 0) is 14.8 Å². The fourth-order valence-electron chi connectivity index (χ4n) is 3.05. The van der Waals surface area contributed by atoms with Crippen molar-refractivity contribution < 1.29 is 13.2 Å². The second kappa shape index (κ2) is 6.68. The molecule has 1 aliphatic heterocycles. The molecule has 1 heterocycles. The highest BCUT2D eigenvalue weighted by Crippen LogP contribution is 2.41. The van der Waals surface area contributed by atoms with Gasteiger partial charge in [-0.05, 0) is 23.6 Å². The number of anilines is 1. The summed E-state index contributed by atoms with van der Waals surface area (Å²) in [6.07, 6.45) is 1.41. The Bertz CT molecular complexity index is 1190. The second-order valence-corrected chi connectivity index (χ2v) is 8.20. The summed E-state index contributed by atoms with van der Waals surface area (Å²) < 4.78 is 26.8. The van der Waals surface area contributed by atoms with Crippen LogP contribution in [0.5, 0.6) is 0 Å². The first-order chi connectivity index (χ1) is 13.0. The molecule has 136 valence electrons. The number of nitrogens with zero attached hydrogens (tertiary/aromatic N) is 2. The molecule has 0 bridgehead atoms. The van der Waals surface area contributed by atoms with Gasteiger partial charge in [0, 0.05) is 16.0 Å². The zero-order valence-electron chi connectivity index (χ0n) is 14.0. The lowest BCUT2D eigenvalue weighted by Gasteiger charge is -2.17. The van der Waals surface area contributed by atoms with E-state index in [9.17, 15) is 13.2 Å². The van der Waals surface area contributed by atoms with Gasteiger partial charge in [0.15, 0.2) is 0 Å². The molecule has 4 rings (SSSR count). The van der Waals surface area contributed by atoms with E-state index in [1.807, 2.05) is 12.1 Å². The van der Waals surface area contributed by atoms with Crippen LogP contribution < -0.4 is 9.73 Å². The molecule has 3 aromatic carbocycles. The van der Waals surface area contributed by atoms with Gasteiger partial charge in [-0.2, -0.15) is 5.10 Å². The Morgan fingerprint density at radius 3 is 2.59 bits per heavy atom. The van der Waals surface area contributed by atoms with E-state index in [2.05, 4.69) is 10.5 Å². The van der Waals surface area contributed by atoms with E-state index in [1.54, 1.807) is 48.5 Å². The predicted octanol–water partition coefficient (Wildman–Crippen LogP) is 3.15. The molecule has 0 fully saturated rings. The number of carbonyl (C=O) groups is 1. The van der Waals surface area contributed by atoms with Gasteiger partial charge in [-0.25, -0.2) is 13.8 Å². The van der Waals surface area contributed by atoms with Crippen LogP contribution >= 0.6 is 11.6 Å². The van der Waals surface area contributed by atoms with Crippen molar-refractivity contribution in [2.45, 2.75) is 4.90 Å². The van der Waals surface area contributed by atoms with Crippen molar-refractivity contribution in [1.82, 2.24) is 5.43 Å². The van der Waals surface area contributed by atoms with E-state index in [0.29, 0.717) is 21.7 Å².